The van der Waals surface area contributed by atoms with Crippen LogP contribution in [0.3, 0.4) is 0 Å². The molecule has 0 unspecified atom stereocenters. The normalized spacial score (nSPS) is 10.6. The molecule has 0 aliphatic carbocycles. The fourth-order valence-electron chi connectivity index (χ4n) is 1.37. The predicted octanol–water partition coefficient (Wildman–Crippen LogP) is 2.73. The van der Waals surface area contributed by atoms with Crippen molar-refractivity contribution in [2.75, 3.05) is 12.3 Å². The van der Waals surface area contributed by atoms with Gasteiger partial charge in [0.25, 0.3) is 0 Å². The van der Waals surface area contributed by atoms with Gasteiger partial charge < -0.3 is 5.32 Å². The zero-order chi connectivity index (χ0) is 11.9. The van der Waals surface area contributed by atoms with Gasteiger partial charge in [-0.1, -0.05) is 11.8 Å². The minimum absolute atomic E-state index is 0.848. The van der Waals surface area contributed by atoms with Gasteiger partial charge in [-0.3, -0.25) is 0 Å². The number of aryl methyl sites for hydroxylation is 1. The topological polar surface area (TPSA) is 37.8 Å². The maximum atomic E-state index is 4.16. The SMILES string of the molecule is Cc1ccc(CNCCSc2ncccn2)s1. The Kier molecular flexibility index (Phi) is 4.97. The summed E-state index contributed by atoms with van der Waals surface area (Å²) in [6, 6.07) is 6.18. The van der Waals surface area contributed by atoms with Gasteiger partial charge >= 0.3 is 0 Å². The van der Waals surface area contributed by atoms with Crippen LogP contribution in [0.5, 0.6) is 0 Å². The van der Waals surface area contributed by atoms with Crippen LogP contribution in [0.4, 0.5) is 0 Å². The van der Waals surface area contributed by atoms with Crippen molar-refractivity contribution in [2.24, 2.45) is 0 Å². The number of hydrogen-bond donors (Lipinski definition) is 1. The van der Waals surface area contributed by atoms with E-state index in [1.54, 1.807) is 24.2 Å². The molecule has 0 fully saturated rings. The lowest BCUT2D eigenvalue weighted by molar-refractivity contribution is 0.740. The molecule has 0 aliphatic heterocycles. The molecular formula is C12H15N3S2. The fraction of sp³-hybridized carbons (Fsp3) is 0.333. The third kappa shape index (κ3) is 4.46. The molecule has 17 heavy (non-hydrogen) atoms. The maximum Gasteiger partial charge on any atom is 0.187 e. The minimum Gasteiger partial charge on any atom is -0.311 e. The average molecular weight is 265 g/mol. The van der Waals surface area contributed by atoms with Crippen LogP contribution in [-0.4, -0.2) is 22.3 Å². The molecule has 2 aromatic rings. The summed E-state index contributed by atoms with van der Waals surface area (Å²) in [6.07, 6.45) is 3.55. The zero-order valence-electron chi connectivity index (χ0n) is 9.72. The van der Waals surface area contributed by atoms with Gasteiger partial charge in [0.1, 0.15) is 0 Å². The third-order valence-electron chi connectivity index (χ3n) is 2.15. The van der Waals surface area contributed by atoms with E-state index in [1.165, 1.54) is 9.75 Å². The highest BCUT2D eigenvalue weighted by molar-refractivity contribution is 7.99. The summed E-state index contributed by atoms with van der Waals surface area (Å²) in [5.74, 6) is 0.994. The molecule has 2 rings (SSSR count). The van der Waals surface area contributed by atoms with Crippen molar-refractivity contribution in [1.29, 1.82) is 0 Å². The Bertz CT molecular complexity index is 442. The van der Waals surface area contributed by atoms with Crippen molar-refractivity contribution in [3.05, 3.63) is 40.3 Å². The van der Waals surface area contributed by atoms with Crippen LogP contribution >= 0.6 is 23.1 Å². The van der Waals surface area contributed by atoms with Gasteiger partial charge in [-0.25, -0.2) is 9.97 Å². The molecule has 3 nitrogen and oxygen atoms in total. The molecule has 0 saturated heterocycles. The summed E-state index contributed by atoms with van der Waals surface area (Å²) in [6.45, 7) is 4.06. The molecule has 0 radical (unpaired) electrons. The van der Waals surface area contributed by atoms with Crippen LogP contribution in [-0.2, 0) is 6.54 Å². The van der Waals surface area contributed by atoms with Gasteiger partial charge in [0, 0.05) is 41.0 Å². The minimum atomic E-state index is 0.848. The van der Waals surface area contributed by atoms with Crippen LogP contribution in [0.2, 0.25) is 0 Å². The van der Waals surface area contributed by atoms with Crippen molar-refractivity contribution in [2.45, 2.75) is 18.6 Å². The summed E-state index contributed by atoms with van der Waals surface area (Å²) >= 11 is 3.53. The molecule has 0 saturated carbocycles. The first-order valence-corrected chi connectivity index (χ1v) is 7.30. The Hall–Kier alpha value is -0.910. The quantitative estimate of drug-likeness (QED) is 0.495. The average Bonchev–Trinajstić information content (AvgIpc) is 2.76. The number of nitrogens with one attached hydrogen (secondary N) is 1. The lowest BCUT2D eigenvalue weighted by Crippen LogP contribution is -2.15. The Balaban J connectivity index is 1.61. The summed E-state index contributed by atoms with van der Waals surface area (Å²) in [5, 5.41) is 4.27. The van der Waals surface area contributed by atoms with Crippen LogP contribution < -0.4 is 5.32 Å². The van der Waals surface area contributed by atoms with Crippen LogP contribution in [0.15, 0.2) is 35.7 Å². The highest BCUT2D eigenvalue weighted by Gasteiger charge is 1.97. The molecule has 5 heteroatoms. The second-order valence-electron chi connectivity index (χ2n) is 3.57. The number of hydrogen-bond acceptors (Lipinski definition) is 5. The summed E-state index contributed by atoms with van der Waals surface area (Å²) < 4.78 is 0. The Morgan fingerprint density at radius 1 is 1.29 bits per heavy atom. The number of thiophene rings is 1. The van der Waals surface area contributed by atoms with Crippen LogP contribution in [0, 0.1) is 6.92 Å². The number of rotatable bonds is 6. The van der Waals surface area contributed by atoms with E-state index in [1.807, 2.05) is 17.4 Å². The van der Waals surface area contributed by atoms with Gasteiger partial charge in [-0.2, -0.15) is 0 Å². The number of aromatic nitrogens is 2. The van der Waals surface area contributed by atoms with Crippen LogP contribution in [0.1, 0.15) is 9.75 Å². The molecule has 0 atom stereocenters. The van der Waals surface area contributed by atoms with E-state index in [2.05, 4.69) is 34.3 Å². The van der Waals surface area contributed by atoms with Gasteiger partial charge in [0.15, 0.2) is 5.16 Å². The van der Waals surface area contributed by atoms with Gasteiger partial charge in [-0.15, -0.1) is 11.3 Å². The maximum absolute atomic E-state index is 4.16. The van der Waals surface area contributed by atoms with Crippen LogP contribution in [0.25, 0.3) is 0 Å². The summed E-state index contributed by atoms with van der Waals surface area (Å²) in [4.78, 5) is 11.1. The molecular weight excluding hydrogens is 250 g/mol. The third-order valence-corrected chi connectivity index (χ3v) is 4.03. The first kappa shape index (κ1) is 12.5. The highest BCUT2D eigenvalue weighted by atomic mass is 32.2. The zero-order valence-corrected chi connectivity index (χ0v) is 11.4. The van der Waals surface area contributed by atoms with Gasteiger partial charge in [0.05, 0.1) is 0 Å². The van der Waals surface area contributed by atoms with Crippen molar-refractivity contribution in [3.63, 3.8) is 0 Å². The van der Waals surface area contributed by atoms with Crippen molar-refractivity contribution in [1.82, 2.24) is 15.3 Å². The fourth-order valence-corrected chi connectivity index (χ4v) is 2.93. The van der Waals surface area contributed by atoms with Gasteiger partial charge in [-0.05, 0) is 25.1 Å². The predicted molar refractivity (Wildman–Crippen MR) is 73.5 cm³/mol. The largest absolute Gasteiger partial charge is 0.311 e. The smallest absolute Gasteiger partial charge is 0.187 e. The molecule has 0 aliphatic rings. The van der Waals surface area contributed by atoms with E-state index >= 15 is 0 Å². The molecule has 2 heterocycles. The molecule has 2 aromatic heterocycles. The van der Waals surface area contributed by atoms with E-state index in [9.17, 15) is 0 Å². The Morgan fingerprint density at radius 3 is 2.82 bits per heavy atom. The first-order chi connectivity index (χ1) is 8.34. The summed E-state index contributed by atoms with van der Waals surface area (Å²) in [7, 11) is 0. The molecule has 0 aromatic carbocycles. The number of thioether (sulfide) groups is 1. The molecule has 90 valence electrons. The second kappa shape index (κ2) is 6.74. The van der Waals surface area contributed by atoms with Gasteiger partial charge in [0.2, 0.25) is 0 Å². The molecule has 1 N–H and O–H groups in total. The summed E-state index contributed by atoms with van der Waals surface area (Å²) in [5.41, 5.74) is 0. The Labute approximate surface area is 110 Å². The second-order valence-corrected chi connectivity index (χ2v) is 6.00. The van der Waals surface area contributed by atoms with E-state index in [0.29, 0.717) is 0 Å². The first-order valence-electron chi connectivity index (χ1n) is 5.50. The molecule has 0 bridgehead atoms. The standard InChI is InChI=1S/C12H15N3S2/c1-10-3-4-11(17-10)9-13-7-8-16-12-14-5-2-6-15-12/h2-6,13H,7-9H2,1H3. The highest BCUT2D eigenvalue weighted by Crippen LogP contribution is 2.14. The lowest BCUT2D eigenvalue weighted by Gasteiger charge is -2.02. The van der Waals surface area contributed by atoms with Crippen molar-refractivity contribution < 1.29 is 0 Å². The van der Waals surface area contributed by atoms with E-state index in [4.69, 9.17) is 0 Å². The van der Waals surface area contributed by atoms with Crippen molar-refractivity contribution >= 4 is 23.1 Å². The Morgan fingerprint density at radius 2 is 2.12 bits per heavy atom. The molecule has 0 amide bonds. The molecule has 0 spiro atoms. The van der Waals surface area contributed by atoms with E-state index < -0.39 is 0 Å². The number of nitrogens with zero attached hydrogens (tertiary/aromatic N) is 2. The van der Waals surface area contributed by atoms with Crippen molar-refractivity contribution in [3.8, 4) is 0 Å². The van der Waals surface area contributed by atoms with E-state index in [0.717, 1.165) is 24.0 Å². The van der Waals surface area contributed by atoms with E-state index in [-0.39, 0.29) is 0 Å². The lowest BCUT2D eigenvalue weighted by atomic mass is 10.4. The monoisotopic (exact) mass is 265 g/mol.